The van der Waals surface area contributed by atoms with Gasteiger partial charge in [-0.1, -0.05) is 13.3 Å². The molecule has 1 aromatic rings. The fraction of sp³-hybridized carbons (Fsp3) is 0.500. The van der Waals surface area contributed by atoms with Crippen LogP contribution >= 0.6 is 0 Å². The highest BCUT2D eigenvalue weighted by atomic mass is 16.4. The van der Waals surface area contributed by atoms with Gasteiger partial charge in [0.25, 0.3) is 0 Å². The standard InChI is InChI=1S/C8H12N2O2/c1-2-3-7-6(4-8(11)12)5-9-10-7/h5H,2-4H2,1H3,(H,9,10)(H,11,12). The van der Waals surface area contributed by atoms with Gasteiger partial charge in [0.05, 0.1) is 12.6 Å². The van der Waals surface area contributed by atoms with E-state index in [0.29, 0.717) is 0 Å². The van der Waals surface area contributed by atoms with Crippen LogP contribution in [0.25, 0.3) is 0 Å². The van der Waals surface area contributed by atoms with Gasteiger partial charge >= 0.3 is 5.97 Å². The normalized spacial score (nSPS) is 10.1. The van der Waals surface area contributed by atoms with Gasteiger partial charge in [0.15, 0.2) is 0 Å². The van der Waals surface area contributed by atoms with Crippen LogP contribution in [-0.2, 0) is 17.6 Å². The molecule has 0 amide bonds. The molecule has 0 saturated carbocycles. The number of H-pyrrole nitrogens is 1. The smallest absolute Gasteiger partial charge is 0.307 e. The molecule has 66 valence electrons. The molecule has 1 aromatic heterocycles. The SMILES string of the molecule is CCCc1[nH]ncc1CC(=O)O. The Labute approximate surface area is 70.6 Å². The van der Waals surface area contributed by atoms with Crippen LogP contribution in [0.2, 0.25) is 0 Å². The van der Waals surface area contributed by atoms with Crippen LogP contribution in [-0.4, -0.2) is 21.3 Å². The first-order valence-corrected chi connectivity index (χ1v) is 3.97. The Morgan fingerprint density at radius 3 is 3.08 bits per heavy atom. The van der Waals surface area contributed by atoms with E-state index >= 15 is 0 Å². The maximum absolute atomic E-state index is 10.4. The number of hydrogen-bond donors (Lipinski definition) is 2. The van der Waals surface area contributed by atoms with Gasteiger partial charge in [-0.2, -0.15) is 5.10 Å². The van der Waals surface area contributed by atoms with E-state index in [4.69, 9.17) is 5.11 Å². The van der Waals surface area contributed by atoms with E-state index < -0.39 is 5.97 Å². The minimum absolute atomic E-state index is 0.0613. The molecule has 0 unspecified atom stereocenters. The molecule has 0 bridgehead atoms. The highest BCUT2D eigenvalue weighted by Crippen LogP contribution is 2.07. The molecule has 4 nitrogen and oxygen atoms in total. The summed E-state index contributed by atoms with van der Waals surface area (Å²) in [6.07, 6.45) is 3.50. The molecule has 0 spiro atoms. The molecule has 4 heteroatoms. The summed E-state index contributed by atoms with van der Waals surface area (Å²) in [5.41, 5.74) is 1.74. The Morgan fingerprint density at radius 2 is 2.50 bits per heavy atom. The number of carboxylic acid groups (broad SMARTS) is 1. The maximum Gasteiger partial charge on any atom is 0.307 e. The van der Waals surface area contributed by atoms with Crippen molar-refractivity contribution in [1.29, 1.82) is 0 Å². The van der Waals surface area contributed by atoms with Crippen molar-refractivity contribution in [2.45, 2.75) is 26.2 Å². The number of aryl methyl sites for hydroxylation is 1. The third-order valence-corrected chi connectivity index (χ3v) is 1.65. The number of aliphatic carboxylic acids is 1. The molecule has 0 aliphatic heterocycles. The van der Waals surface area contributed by atoms with Gasteiger partial charge in [-0.15, -0.1) is 0 Å². The van der Waals surface area contributed by atoms with Crippen molar-refractivity contribution in [3.05, 3.63) is 17.5 Å². The number of nitrogens with zero attached hydrogens (tertiary/aromatic N) is 1. The number of nitrogens with one attached hydrogen (secondary N) is 1. The van der Waals surface area contributed by atoms with E-state index in [9.17, 15) is 4.79 Å². The van der Waals surface area contributed by atoms with Crippen LogP contribution in [0.1, 0.15) is 24.6 Å². The number of carbonyl (C=O) groups is 1. The number of carboxylic acids is 1. The van der Waals surface area contributed by atoms with Crippen molar-refractivity contribution in [2.24, 2.45) is 0 Å². The maximum atomic E-state index is 10.4. The third-order valence-electron chi connectivity index (χ3n) is 1.65. The van der Waals surface area contributed by atoms with E-state index in [1.165, 1.54) is 0 Å². The lowest BCUT2D eigenvalue weighted by Gasteiger charge is -1.96. The second-order valence-corrected chi connectivity index (χ2v) is 2.69. The van der Waals surface area contributed by atoms with Gasteiger partial charge in [0, 0.05) is 11.3 Å². The van der Waals surface area contributed by atoms with Gasteiger partial charge in [-0.25, -0.2) is 0 Å². The Balaban J connectivity index is 2.69. The summed E-state index contributed by atoms with van der Waals surface area (Å²) < 4.78 is 0. The van der Waals surface area contributed by atoms with Crippen LogP contribution in [0, 0.1) is 0 Å². The Morgan fingerprint density at radius 1 is 1.75 bits per heavy atom. The summed E-state index contributed by atoms with van der Waals surface area (Å²) in [5.74, 6) is -0.811. The second-order valence-electron chi connectivity index (χ2n) is 2.69. The first-order chi connectivity index (χ1) is 5.74. The average Bonchev–Trinajstić information content (AvgIpc) is 2.37. The zero-order valence-corrected chi connectivity index (χ0v) is 7.00. The predicted molar refractivity (Wildman–Crippen MR) is 43.9 cm³/mol. The molecule has 1 heterocycles. The second kappa shape index (κ2) is 3.90. The molecule has 2 N–H and O–H groups in total. The summed E-state index contributed by atoms with van der Waals surface area (Å²) in [6.45, 7) is 2.05. The highest BCUT2D eigenvalue weighted by molar-refractivity contribution is 5.70. The van der Waals surface area contributed by atoms with Crippen molar-refractivity contribution in [3.8, 4) is 0 Å². The van der Waals surface area contributed by atoms with Gasteiger partial charge < -0.3 is 5.11 Å². The highest BCUT2D eigenvalue weighted by Gasteiger charge is 2.07. The lowest BCUT2D eigenvalue weighted by molar-refractivity contribution is -0.136. The Kier molecular flexibility index (Phi) is 2.85. The van der Waals surface area contributed by atoms with Gasteiger partial charge in [-0.3, -0.25) is 9.89 Å². The molecule has 0 fully saturated rings. The minimum Gasteiger partial charge on any atom is -0.481 e. The molecule has 12 heavy (non-hydrogen) atoms. The van der Waals surface area contributed by atoms with Crippen molar-refractivity contribution in [3.63, 3.8) is 0 Å². The van der Waals surface area contributed by atoms with Gasteiger partial charge in [-0.05, 0) is 6.42 Å². The first kappa shape index (κ1) is 8.77. The summed E-state index contributed by atoms with van der Waals surface area (Å²) in [7, 11) is 0. The van der Waals surface area contributed by atoms with Gasteiger partial charge in [0.2, 0.25) is 0 Å². The molecule has 0 saturated heterocycles. The Hall–Kier alpha value is -1.32. The van der Waals surface area contributed by atoms with Crippen LogP contribution in [0.4, 0.5) is 0 Å². The molecule has 1 rings (SSSR count). The van der Waals surface area contributed by atoms with Crippen molar-refractivity contribution >= 4 is 5.97 Å². The molecule has 0 aromatic carbocycles. The zero-order valence-electron chi connectivity index (χ0n) is 7.00. The average molecular weight is 168 g/mol. The molecule has 0 atom stereocenters. The summed E-state index contributed by atoms with van der Waals surface area (Å²) in [6, 6.07) is 0. The lowest BCUT2D eigenvalue weighted by atomic mass is 10.1. The number of hydrogen-bond acceptors (Lipinski definition) is 2. The fourth-order valence-corrected chi connectivity index (χ4v) is 1.12. The molecule has 0 radical (unpaired) electrons. The van der Waals surface area contributed by atoms with E-state index in [2.05, 4.69) is 10.2 Å². The number of rotatable bonds is 4. The summed E-state index contributed by atoms with van der Waals surface area (Å²) in [5, 5.41) is 15.1. The van der Waals surface area contributed by atoms with Crippen molar-refractivity contribution in [2.75, 3.05) is 0 Å². The van der Waals surface area contributed by atoms with Crippen LogP contribution in [0.15, 0.2) is 6.20 Å². The zero-order chi connectivity index (χ0) is 8.97. The van der Waals surface area contributed by atoms with Crippen LogP contribution in [0.5, 0.6) is 0 Å². The van der Waals surface area contributed by atoms with E-state index in [0.717, 1.165) is 24.1 Å². The largest absolute Gasteiger partial charge is 0.481 e. The molecule has 0 aliphatic carbocycles. The van der Waals surface area contributed by atoms with Crippen LogP contribution in [0.3, 0.4) is 0 Å². The van der Waals surface area contributed by atoms with E-state index in [-0.39, 0.29) is 6.42 Å². The quantitative estimate of drug-likeness (QED) is 0.704. The fourth-order valence-electron chi connectivity index (χ4n) is 1.12. The van der Waals surface area contributed by atoms with Crippen molar-refractivity contribution < 1.29 is 9.90 Å². The number of aromatic amines is 1. The van der Waals surface area contributed by atoms with Gasteiger partial charge in [0.1, 0.15) is 0 Å². The number of aromatic nitrogens is 2. The van der Waals surface area contributed by atoms with Crippen LogP contribution < -0.4 is 0 Å². The third kappa shape index (κ3) is 2.08. The first-order valence-electron chi connectivity index (χ1n) is 3.97. The molecular formula is C8H12N2O2. The van der Waals surface area contributed by atoms with E-state index in [1.54, 1.807) is 6.20 Å². The van der Waals surface area contributed by atoms with Crippen molar-refractivity contribution in [1.82, 2.24) is 10.2 Å². The summed E-state index contributed by atoms with van der Waals surface area (Å²) >= 11 is 0. The van der Waals surface area contributed by atoms with E-state index in [1.807, 2.05) is 6.92 Å². The lowest BCUT2D eigenvalue weighted by Crippen LogP contribution is -2.01. The minimum atomic E-state index is -0.811. The predicted octanol–water partition coefficient (Wildman–Crippen LogP) is 0.989. The molecular weight excluding hydrogens is 156 g/mol. The summed E-state index contributed by atoms with van der Waals surface area (Å²) in [4.78, 5) is 10.4. The molecule has 0 aliphatic rings. The topological polar surface area (TPSA) is 66.0 Å². The monoisotopic (exact) mass is 168 g/mol. The Bertz CT molecular complexity index is 268.